The van der Waals surface area contributed by atoms with Crippen molar-refractivity contribution in [3.8, 4) is 0 Å². The molecule has 1 atom stereocenters. The van der Waals surface area contributed by atoms with Crippen LogP contribution >= 0.6 is 23.4 Å². The molecule has 1 aromatic rings. The van der Waals surface area contributed by atoms with E-state index in [2.05, 4.69) is 11.4 Å². The predicted octanol–water partition coefficient (Wildman–Crippen LogP) is 1.65. The van der Waals surface area contributed by atoms with Crippen LogP contribution in [0.15, 0.2) is 24.3 Å². The Hall–Kier alpha value is -0.180. The number of nitrogens with two attached hydrogens (primary N) is 1. The van der Waals surface area contributed by atoms with E-state index in [0.29, 0.717) is 5.37 Å². The smallest absolute Gasteiger partial charge is 0.160 e. The molecule has 2 rings (SSSR count). The van der Waals surface area contributed by atoms with Gasteiger partial charge >= 0.3 is 0 Å². The third-order valence-corrected chi connectivity index (χ3v) is 3.63. The molecular weight excluding hydrogens is 190 g/mol. The average molecular weight is 201 g/mol. The van der Waals surface area contributed by atoms with Crippen molar-refractivity contribution in [2.75, 3.05) is 12.3 Å². The number of thioether (sulfide) groups is 1. The van der Waals surface area contributed by atoms with Gasteiger partial charge in [-0.1, -0.05) is 41.6 Å². The minimum Gasteiger partial charge on any atom is -0.331 e. The lowest BCUT2D eigenvalue weighted by Gasteiger charge is -2.07. The molecule has 1 saturated heterocycles. The van der Waals surface area contributed by atoms with Crippen molar-refractivity contribution >= 4 is 23.4 Å². The molecule has 0 aromatic heterocycles. The van der Waals surface area contributed by atoms with E-state index in [1.165, 1.54) is 17.9 Å². The van der Waals surface area contributed by atoms with Crippen LogP contribution in [0.1, 0.15) is 10.9 Å². The second-order valence-corrected chi connectivity index (χ2v) is 4.49. The highest BCUT2D eigenvalue weighted by molar-refractivity contribution is 7.99. The molecule has 12 heavy (non-hydrogen) atoms. The lowest BCUT2D eigenvalue weighted by Crippen LogP contribution is -2.81. The lowest BCUT2D eigenvalue weighted by molar-refractivity contribution is -0.663. The lowest BCUT2D eigenvalue weighted by atomic mass is 10.2. The van der Waals surface area contributed by atoms with Gasteiger partial charge in [0.1, 0.15) is 0 Å². The van der Waals surface area contributed by atoms with Crippen molar-refractivity contribution in [3.05, 3.63) is 34.9 Å². The summed E-state index contributed by atoms with van der Waals surface area (Å²) in [6, 6.07) is 8.10. The van der Waals surface area contributed by atoms with Gasteiger partial charge < -0.3 is 5.32 Å². The molecule has 0 spiro atoms. The van der Waals surface area contributed by atoms with Gasteiger partial charge in [0, 0.05) is 11.3 Å². The molecule has 2 N–H and O–H groups in total. The SMILES string of the molecule is Clc1ccccc1[C@H]1[NH2+]CCS1. The molecule has 3 heteroatoms. The molecular formula is C9H11ClNS+. The highest BCUT2D eigenvalue weighted by atomic mass is 35.5. The van der Waals surface area contributed by atoms with Gasteiger partial charge in [-0.3, -0.25) is 0 Å². The van der Waals surface area contributed by atoms with Crippen molar-refractivity contribution in [1.29, 1.82) is 0 Å². The zero-order valence-corrected chi connectivity index (χ0v) is 8.24. The first-order valence-electron chi connectivity index (χ1n) is 4.07. The van der Waals surface area contributed by atoms with Crippen molar-refractivity contribution in [2.45, 2.75) is 5.37 Å². The second-order valence-electron chi connectivity index (χ2n) is 2.84. The molecule has 1 nitrogen and oxygen atoms in total. The fraction of sp³-hybridized carbons (Fsp3) is 0.333. The first-order chi connectivity index (χ1) is 5.88. The topological polar surface area (TPSA) is 16.6 Å². The summed E-state index contributed by atoms with van der Waals surface area (Å²) in [5.74, 6) is 1.23. The molecule has 1 heterocycles. The van der Waals surface area contributed by atoms with Gasteiger partial charge in [-0.05, 0) is 6.07 Å². The minimum absolute atomic E-state index is 0.527. The summed E-state index contributed by atoms with van der Waals surface area (Å²) in [7, 11) is 0. The Balaban J connectivity index is 2.26. The number of benzene rings is 1. The van der Waals surface area contributed by atoms with Crippen LogP contribution in [0.3, 0.4) is 0 Å². The Labute approximate surface area is 81.5 Å². The standard InChI is InChI=1S/C9H10ClNS/c10-8-4-2-1-3-7(8)9-11-5-6-12-9/h1-4,9,11H,5-6H2/p+1/t9-/m0/s1. The summed E-state index contributed by atoms with van der Waals surface area (Å²) in [6.45, 7) is 1.21. The fourth-order valence-electron chi connectivity index (χ4n) is 1.41. The molecule has 1 fully saturated rings. The van der Waals surface area contributed by atoms with Crippen molar-refractivity contribution < 1.29 is 5.32 Å². The van der Waals surface area contributed by atoms with Crippen LogP contribution in [-0.4, -0.2) is 12.3 Å². The molecule has 1 aromatic carbocycles. The van der Waals surface area contributed by atoms with Gasteiger partial charge in [-0.2, -0.15) is 0 Å². The zero-order valence-electron chi connectivity index (χ0n) is 6.66. The van der Waals surface area contributed by atoms with E-state index in [-0.39, 0.29) is 0 Å². The second kappa shape index (κ2) is 3.69. The maximum atomic E-state index is 6.07. The highest BCUT2D eigenvalue weighted by Gasteiger charge is 2.22. The van der Waals surface area contributed by atoms with E-state index in [1.54, 1.807) is 0 Å². The molecule has 0 unspecified atom stereocenters. The molecule has 0 aliphatic carbocycles. The van der Waals surface area contributed by atoms with Gasteiger partial charge in [0.15, 0.2) is 5.37 Å². The Bertz CT molecular complexity index is 271. The van der Waals surface area contributed by atoms with Crippen LogP contribution in [0, 0.1) is 0 Å². The quantitative estimate of drug-likeness (QED) is 0.730. The Morgan fingerprint density at radius 1 is 1.42 bits per heavy atom. The third kappa shape index (κ3) is 1.60. The van der Waals surface area contributed by atoms with Gasteiger partial charge in [-0.25, -0.2) is 0 Å². The number of halogens is 1. The molecule has 1 aliphatic rings. The van der Waals surface area contributed by atoms with E-state index >= 15 is 0 Å². The van der Waals surface area contributed by atoms with Crippen LogP contribution in [0.4, 0.5) is 0 Å². The zero-order chi connectivity index (χ0) is 8.39. The van der Waals surface area contributed by atoms with E-state index in [4.69, 9.17) is 11.6 Å². The largest absolute Gasteiger partial charge is 0.331 e. The number of hydrogen-bond donors (Lipinski definition) is 1. The van der Waals surface area contributed by atoms with Crippen molar-refractivity contribution in [3.63, 3.8) is 0 Å². The Morgan fingerprint density at radius 3 is 2.92 bits per heavy atom. The van der Waals surface area contributed by atoms with Crippen molar-refractivity contribution in [1.82, 2.24) is 0 Å². The Morgan fingerprint density at radius 2 is 2.25 bits per heavy atom. The maximum Gasteiger partial charge on any atom is 0.160 e. The van der Waals surface area contributed by atoms with Crippen molar-refractivity contribution in [2.24, 2.45) is 0 Å². The fourth-order valence-corrected chi connectivity index (χ4v) is 2.91. The van der Waals surface area contributed by atoms with Crippen LogP contribution in [0.5, 0.6) is 0 Å². The number of rotatable bonds is 1. The maximum absolute atomic E-state index is 6.07. The Kier molecular flexibility index (Phi) is 2.59. The summed E-state index contributed by atoms with van der Waals surface area (Å²) in [5, 5.41) is 3.76. The van der Waals surface area contributed by atoms with Crippen LogP contribution in [0.25, 0.3) is 0 Å². The molecule has 1 aliphatic heterocycles. The number of hydrogen-bond acceptors (Lipinski definition) is 1. The third-order valence-electron chi connectivity index (χ3n) is 2.01. The first kappa shape index (κ1) is 8.42. The molecule has 64 valence electrons. The van der Waals surface area contributed by atoms with E-state index in [0.717, 1.165) is 5.02 Å². The average Bonchev–Trinajstić information content (AvgIpc) is 2.57. The van der Waals surface area contributed by atoms with Gasteiger partial charge in [-0.15, -0.1) is 0 Å². The van der Waals surface area contributed by atoms with Crippen LogP contribution < -0.4 is 5.32 Å². The van der Waals surface area contributed by atoms with E-state index in [9.17, 15) is 0 Å². The highest BCUT2D eigenvalue weighted by Crippen LogP contribution is 2.29. The van der Waals surface area contributed by atoms with Crippen LogP contribution in [-0.2, 0) is 0 Å². The summed E-state index contributed by atoms with van der Waals surface area (Å²) in [4.78, 5) is 0. The summed E-state index contributed by atoms with van der Waals surface area (Å²) in [5.41, 5.74) is 1.27. The molecule has 0 saturated carbocycles. The minimum atomic E-state index is 0.527. The normalized spacial score (nSPS) is 22.9. The molecule has 0 radical (unpaired) electrons. The van der Waals surface area contributed by atoms with Gasteiger partial charge in [0.05, 0.1) is 11.6 Å². The van der Waals surface area contributed by atoms with Gasteiger partial charge in [0.2, 0.25) is 0 Å². The van der Waals surface area contributed by atoms with E-state index < -0.39 is 0 Å². The number of quaternary nitrogens is 1. The summed E-state index contributed by atoms with van der Waals surface area (Å²) < 4.78 is 0. The summed E-state index contributed by atoms with van der Waals surface area (Å²) >= 11 is 8.04. The van der Waals surface area contributed by atoms with Crippen LogP contribution in [0.2, 0.25) is 5.02 Å². The monoisotopic (exact) mass is 200 g/mol. The first-order valence-corrected chi connectivity index (χ1v) is 5.50. The molecule has 0 amide bonds. The predicted molar refractivity (Wildman–Crippen MR) is 53.4 cm³/mol. The molecule has 0 bridgehead atoms. The summed E-state index contributed by atoms with van der Waals surface area (Å²) in [6.07, 6.45) is 0. The van der Waals surface area contributed by atoms with Gasteiger partial charge in [0.25, 0.3) is 0 Å². The van der Waals surface area contributed by atoms with E-state index in [1.807, 2.05) is 30.0 Å².